The maximum absolute atomic E-state index is 5.05. The van der Waals surface area contributed by atoms with Crippen LogP contribution in [-0.2, 0) is 0 Å². The van der Waals surface area contributed by atoms with E-state index in [1.807, 2.05) is 6.92 Å². The fraction of sp³-hybridized carbons (Fsp3) is 0.667. The van der Waals surface area contributed by atoms with Crippen molar-refractivity contribution in [1.82, 2.24) is 10.6 Å². The minimum absolute atomic E-state index is 0.611. The Balaban J connectivity index is 2.05. The molecule has 0 radical (unpaired) electrons. The Hall–Kier alpha value is -0.750. The molecule has 0 aliphatic heterocycles. The Morgan fingerprint density at radius 1 is 1.58 bits per heavy atom. The second-order valence-corrected chi connectivity index (χ2v) is 3.29. The summed E-state index contributed by atoms with van der Waals surface area (Å²) in [5, 5.41) is 7.00. The van der Waals surface area contributed by atoms with Crippen LogP contribution in [0.4, 0.5) is 0 Å². The summed E-state index contributed by atoms with van der Waals surface area (Å²) in [5.41, 5.74) is 0. The summed E-state index contributed by atoms with van der Waals surface area (Å²) < 4.78 is 0. The summed E-state index contributed by atoms with van der Waals surface area (Å²) in [7, 11) is 0. The normalized spacial score (nSPS) is 15.4. The van der Waals surface area contributed by atoms with Gasteiger partial charge in [0.15, 0.2) is 5.11 Å². The zero-order valence-corrected chi connectivity index (χ0v) is 8.13. The van der Waals surface area contributed by atoms with Crippen molar-refractivity contribution in [2.45, 2.75) is 32.2 Å². The highest BCUT2D eigenvalue weighted by molar-refractivity contribution is 7.80. The van der Waals surface area contributed by atoms with Gasteiger partial charge >= 0.3 is 0 Å². The molecule has 0 atom stereocenters. The zero-order valence-electron chi connectivity index (χ0n) is 7.31. The molecular formula is C9H14N2S. The van der Waals surface area contributed by atoms with E-state index in [-0.39, 0.29) is 0 Å². The molecule has 1 aliphatic carbocycles. The maximum Gasteiger partial charge on any atom is 0.167 e. The molecule has 0 aromatic heterocycles. The van der Waals surface area contributed by atoms with Crippen LogP contribution < -0.4 is 10.6 Å². The fourth-order valence-corrected chi connectivity index (χ4v) is 1.24. The van der Waals surface area contributed by atoms with Gasteiger partial charge in [-0.1, -0.05) is 5.92 Å². The lowest BCUT2D eigenvalue weighted by molar-refractivity contribution is 0.382. The van der Waals surface area contributed by atoms with Crippen LogP contribution in [0.3, 0.4) is 0 Å². The van der Waals surface area contributed by atoms with Crippen molar-refractivity contribution in [3.8, 4) is 11.8 Å². The van der Waals surface area contributed by atoms with Crippen LogP contribution >= 0.6 is 12.2 Å². The molecule has 1 aliphatic rings. The van der Waals surface area contributed by atoms with Crippen LogP contribution in [0.2, 0.25) is 0 Å². The maximum atomic E-state index is 5.05. The van der Waals surface area contributed by atoms with Gasteiger partial charge in [-0.15, -0.1) is 5.92 Å². The first-order chi connectivity index (χ1) is 5.83. The molecular weight excluding hydrogens is 168 g/mol. The summed E-state index contributed by atoms with van der Waals surface area (Å²) in [5.74, 6) is 5.70. The van der Waals surface area contributed by atoms with Crippen LogP contribution in [0.15, 0.2) is 0 Å². The Morgan fingerprint density at radius 3 is 2.83 bits per heavy atom. The molecule has 3 heteroatoms. The molecule has 2 N–H and O–H groups in total. The van der Waals surface area contributed by atoms with Crippen LogP contribution in [-0.4, -0.2) is 17.7 Å². The van der Waals surface area contributed by atoms with Crippen molar-refractivity contribution in [2.75, 3.05) is 6.54 Å². The third-order valence-corrected chi connectivity index (χ3v) is 2.22. The fourth-order valence-electron chi connectivity index (χ4n) is 1.00. The van der Waals surface area contributed by atoms with Crippen molar-refractivity contribution < 1.29 is 0 Å². The molecule has 12 heavy (non-hydrogen) atoms. The number of hydrogen-bond acceptors (Lipinski definition) is 1. The highest BCUT2D eigenvalue weighted by atomic mass is 32.1. The van der Waals surface area contributed by atoms with Gasteiger partial charge in [0, 0.05) is 6.04 Å². The quantitative estimate of drug-likeness (QED) is 0.492. The zero-order chi connectivity index (χ0) is 8.81. The number of hydrogen-bond donors (Lipinski definition) is 2. The standard InChI is InChI=1S/C9H14N2S/c1-2-3-7-10-9(12)11-8-5-4-6-8/h8H,4-7H2,1H3,(H2,10,11,12). The number of rotatable bonds is 2. The van der Waals surface area contributed by atoms with Crippen molar-refractivity contribution in [3.05, 3.63) is 0 Å². The number of nitrogens with one attached hydrogen (secondary N) is 2. The summed E-state index contributed by atoms with van der Waals surface area (Å²) >= 11 is 5.05. The van der Waals surface area contributed by atoms with Crippen molar-refractivity contribution in [3.63, 3.8) is 0 Å². The molecule has 1 rings (SSSR count). The van der Waals surface area contributed by atoms with Gasteiger partial charge in [0.2, 0.25) is 0 Å². The van der Waals surface area contributed by atoms with Gasteiger partial charge in [-0.3, -0.25) is 0 Å². The van der Waals surface area contributed by atoms with Gasteiger partial charge in [-0.25, -0.2) is 0 Å². The van der Waals surface area contributed by atoms with E-state index in [0.717, 1.165) is 5.11 Å². The van der Waals surface area contributed by atoms with Crippen molar-refractivity contribution in [1.29, 1.82) is 0 Å². The second kappa shape index (κ2) is 5.00. The van der Waals surface area contributed by atoms with Gasteiger partial charge in [0.1, 0.15) is 0 Å². The summed E-state index contributed by atoms with van der Waals surface area (Å²) in [6, 6.07) is 0.611. The summed E-state index contributed by atoms with van der Waals surface area (Å²) in [4.78, 5) is 0. The van der Waals surface area contributed by atoms with Crippen molar-refractivity contribution >= 4 is 17.3 Å². The third-order valence-electron chi connectivity index (χ3n) is 1.95. The average molecular weight is 182 g/mol. The first kappa shape index (κ1) is 9.34. The van der Waals surface area contributed by atoms with Crippen LogP contribution in [0.25, 0.3) is 0 Å². The molecule has 0 unspecified atom stereocenters. The topological polar surface area (TPSA) is 24.1 Å². The molecule has 0 aromatic carbocycles. The highest BCUT2D eigenvalue weighted by Crippen LogP contribution is 2.17. The molecule has 2 nitrogen and oxygen atoms in total. The summed E-state index contributed by atoms with van der Waals surface area (Å²) in [6.45, 7) is 2.47. The van der Waals surface area contributed by atoms with Crippen LogP contribution in [0.1, 0.15) is 26.2 Å². The average Bonchev–Trinajstić information content (AvgIpc) is 1.98. The highest BCUT2D eigenvalue weighted by Gasteiger charge is 2.17. The smallest absolute Gasteiger partial charge is 0.167 e. The van der Waals surface area contributed by atoms with Crippen molar-refractivity contribution in [2.24, 2.45) is 0 Å². The summed E-state index contributed by atoms with van der Waals surface area (Å²) in [6.07, 6.45) is 3.83. The SMILES string of the molecule is CC#CCNC(=S)NC1CCC1. The molecule has 0 aromatic rings. The molecule has 0 amide bonds. The van der Waals surface area contributed by atoms with Crippen LogP contribution in [0, 0.1) is 11.8 Å². The predicted octanol–water partition coefficient (Wildman–Crippen LogP) is 1.03. The lowest BCUT2D eigenvalue weighted by atomic mass is 9.93. The van der Waals surface area contributed by atoms with E-state index in [9.17, 15) is 0 Å². The molecule has 0 saturated heterocycles. The minimum Gasteiger partial charge on any atom is -0.360 e. The second-order valence-electron chi connectivity index (χ2n) is 2.88. The van der Waals surface area contributed by atoms with Gasteiger partial charge in [0.25, 0.3) is 0 Å². The molecule has 1 saturated carbocycles. The molecule has 66 valence electrons. The van der Waals surface area contributed by atoms with E-state index in [4.69, 9.17) is 12.2 Å². The van der Waals surface area contributed by atoms with E-state index in [1.165, 1.54) is 19.3 Å². The number of thiocarbonyl (C=S) groups is 1. The molecule has 1 fully saturated rings. The van der Waals surface area contributed by atoms with Gasteiger partial charge in [-0.05, 0) is 38.4 Å². The van der Waals surface area contributed by atoms with E-state index in [0.29, 0.717) is 12.6 Å². The predicted molar refractivity (Wildman–Crippen MR) is 54.8 cm³/mol. The molecule has 0 heterocycles. The van der Waals surface area contributed by atoms with Gasteiger partial charge < -0.3 is 10.6 Å². The lowest BCUT2D eigenvalue weighted by Gasteiger charge is -2.27. The largest absolute Gasteiger partial charge is 0.360 e. The van der Waals surface area contributed by atoms with E-state index < -0.39 is 0 Å². The Labute approximate surface area is 79.1 Å². The Kier molecular flexibility index (Phi) is 3.89. The van der Waals surface area contributed by atoms with Crippen LogP contribution in [0.5, 0.6) is 0 Å². The first-order valence-corrected chi connectivity index (χ1v) is 4.67. The minimum atomic E-state index is 0.611. The first-order valence-electron chi connectivity index (χ1n) is 4.27. The Bertz CT molecular complexity index is 210. The monoisotopic (exact) mass is 182 g/mol. The van der Waals surface area contributed by atoms with Gasteiger partial charge in [-0.2, -0.15) is 0 Å². The van der Waals surface area contributed by atoms with E-state index >= 15 is 0 Å². The van der Waals surface area contributed by atoms with Gasteiger partial charge in [0.05, 0.1) is 6.54 Å². The lowest BCUT2D eigenvalue weighted by Crippen LogP contribution is -2.45. The third kappa shape index (κ3) is 3.10. The van der Waals surface area contributed by atoms with E-state index in [1.54, 1.807) is 0 Å². The molecule has 0 spiro atoms. The molecule has 0 bridgehead atoms. The Morgan fingerprint density at radius 2 is 2.33 bits per heavy atom. The van der Waals surface area contributed by atoms with E-state index in [2.05, 4.69) is 22.5 Å².